The second kappa shape index (κ2) is 9.75. The van der Waals surface area contributed by atoms with Crippen molar-refractivity contribution < 1.29 is 22.3 Å². The standard InChI is InChI=1S/C24H21FN4O4S/c25-20-13-11-18(12-14-20)16-28(24(30)33-17-19-7-3-1-4-8-19)34(31,32)22-15-27-29(23(22)26)21-9-5-2-6-10-21/h1-15H,16-17,26H2. The van der Waals surface area contributed by atoms with E-state index in [4.69, 9.17) is 10.5 Å². The van der Waals surface area contributed by atoms with E-state index in [0.29, 0.717) is 21.1 Å². The first kappa shape index (κ1) is 23.0. The van der Waals surface area contributed by atoms with Gasteiger partial charge in [0.05, 0.1) is 18.4 Å². The van der Waals surface area contributed by atoms with Gasteiger partial charge in [-0.2, -0.15) is 9.40 Å². The van der Waals surface area contributed by atoms with Crippen molar-refractivity contribution in [1.29, 1.82) is 0 Å². The molecule has 10 heteroatoms. The number of amides is 1. The lowest BCUT2D eigenvalue weighted by atomic mass is 10.2. The Hall–Kier alpha value is -4.18. The van der Waals surface area contributed by atoms with Crippen molar-refractivity contribution in [2.75, 3.05) is 5.73 Å². The van der Waals surface area contributed by atoms with E-state index in [0.717, 1.165) is 6.20 Å². The maximum Gasteiger partial charge on any atom is 0.424 e. The SMILES string of the molecule is Nc1c(S(=O)(=O)N(Cc2ccc(F)cc2)C(=O)OCc2ccccc2)cnn1-c1ccccc1. The van der Waals surface area contributed by atoms with E-state index in [9.17, 15) is 17.6 Å². The van der Waals surface area contributed by atoms with Gasteiger partial charge in [-0.05, 0) is 35.4 Å². The number of sulfonamides is 1. The van der Waals surface area contributed by atoms with Crippen LogP contribution >= 0.6 is 0 Å². The molecule has 0 saturated heterocycles. The van der Waals surface area contributed by atoms with Crippen LogP contribution in [0.1, 0.15) is 11.1 Å². The second-order valence-electron chi connectivity index (χ2n) is 7.32. The summed E-state index contributed by atoms with van der Waals surface area (Å²) in [6.45, 7) is -0.514. The molecule has 0 aliphatic carbocycles. The first-order valence-corrected chi connectivity index (χ1v) is 11.7. The lowest BCUT2D eigenvalue weighted by Crippen LogP contribution is -2.37. The molecule has 4 rings (SSSR count). The molecular formula is C24H21FN4O4S. The molecule has 1 heterocycles. The van der Waals surface area contributed by atoms with Crippen LogP contribution in [0.2, 0.25) is 0 Å². The average molecular weight is 481 g/mol. The highest BCUT2D eigenvalue weighted by molar-refractivity contribution is 7.89. The predicted octanol–water partition coefficient (Wildman–Crippen LogP) is 4.12. The van der Waals surface area contributed by atoms with Crippen LogP contribution in [-0.2, 0) is 27.9 Å². The Bertz CT molecular complexity index is 1380. The van der Waals surface area contributed by atoms with Crippen LogP contribution in [0.3, 0.4) is 0 Å². The number of para-hydroxylation sites is 1. The van der Waals surface area contributed by atoms with Crippen LogP contribution in [0.15, 0.2) is 96.0 Å². The fourth-order valence-electron chi connectivity index (χ4n) is 3.23. The Kier molecular flexibility index (Phi) is 6.60. The number of halogens is 1. The summed E-state index contributed by atoms with van der Waals surface area (Å²) in [6, 6.07) is 22.7. The first-order valence-electron chi connectivity index (χ1n) is 10.2. The van der Waals surface area contributed by atoms with E-state index in [1.807, 2.05) is 6.07 Å². The summed E-state index contributed by atoms with van der Waals surface area (Å²) in [5.41, 5.74) is 7.76. The van der Waals surface area contributed by atoms with Crippen LogP contribution in [0.4, 0.5) is 15.0 Å². The molecule has 0 radical (unpaired) electrons. The number of carbonyl (C=O) groups is 1. The lowest BCUT2D eigenvalue weighted by molar-refractivity contribution is 0.117. The molecule has 3 aromatic carbocycles. The molecule has 0 fully saturated rings. The van der Waals surface area contributed by atoms with E-state index in [-0.39, 0.29) is 23.9 Å². The molecule has 0 atom stereocenters. The molecule has 1 amide bonds. The third-order valence-corrected chi connectivity index (χ3v) is 6.72. The number of nitrogens with two attached hydrogens (primary N) is 1. The minimum absolute atomic E-state index is 0.131. The van der Waals surface area contributed by atoms with Gasteiger partial charge in [-0.3, -0.25) is 0 Å². The van der Waals surface area contributed by atoms with Gasteiger partial charge in [0.1, 0.15) is 23.1 Å². The number of aromatic nitrogens is 2. The van der Waals surface area contributed by atoms with Gasteiger partial charge in [-0.1, -0.05) is 60.7 Å². The number of nitrogen functional groups attached to an aromatic ring is 1. The third kappa shape index (κ3) is 4.91. The van der Waals surface area contributed by atoms with Crippen LogP contribution in [0, 0.1) is 5.82 Å². The first-order chi connectivity index (χ1) is 16.4. The van der Waals surface area contributed by atoms with E-state index in [1.54, 1.807) is 54.6 Å². The van der Waals surface area contributed by atoms with Crippen molar-refractivity contribution in [3.8, 4) is 5.69 Å². The number of carbonyl (C=O) groups excluding carboxylic acids is 1. The minimum atomic E-state index is -4.47. The summed E-state index contributed by atoms with van der Waals surface area (Å²) in [4.78, 5) is 12.6. The molecule has 4 aromatic rings. The number of ether oxygens (including phenoxy) is 1. The number of hydrogen-bond acceptors (Lipinski definition) is 6. The van der Waals surface area contributed by atoms with Gasteiger partial charge >= 0.3 is 6.09 Å². The number of benzene rings is 3. The van der Waals surface area contributed by atoms with Gasteiger partial charge in [-0.15, -0.1) is 0 Å². The molecule has 0 bridgehead atoms. The number of nitrogens with zero attached hydrogens (tertiary/aromatic N) is 3. The zero-order valence-corrected chi connectivity index (χ0v) is 18.7. The van der Waals surface area contributed by atoms with E-state index >= 15 is 0 Å². The largest absolute Gasteiger partial charge is 0.444 e. The monoisotopic (exact) mass is 480 g/mol. The highest BCUT2D eigenvalue weighted by Crippen LogP contribution is 2.27. The van der Waals surface area contributed by atoms with Gasteiger partial charge in [0.2, 0.25) is 0 Å². The van der Waals surface area contributed by atoms with Crippen molar-refractivity contribution in [2.45, 2.75) is 18.0 Å². The minimum Gasteiger partial charge on any atom is -0.444 e. The second-order valence-corrected chi connectivity index (χ2v) is 9.15. The molecule has 0 unspecified atom stereocenters. The highest BCUT2D eigenvalue weighted by atomic mass is 32.2. The molecule has 0 spiro atoms. The lowest BCUT2D eigenvalue weighted by Gasteiger charge is -2.22. The van der Waals surface area contributed by atoms with Crippen LogP contribution in [-0.4, -0.2) is 28.6 Å². The molecule has 8 nitrogen and oxygen atoms in total. The van der Waals surface area contributed by atoms with Crippen LogP contribution < -0.4 is 5.73 Å². The van der Waals surface area contributed by atoms with Crippen molar-refractivity contribution in [3.63, 3.8) is 0 Å². The Morgan fingerprint density at radius 3 is 2.21 bits per heavy atom. The Balaban J connectivity index is 1.67. The van der Waals surface area contributed by atoms with Gasteiger partial charge in [-0.25, -0.2) is 22.3 Å². The zero-order chi connectivity index (χ0) is 24.1. The summed E-state index contributed by atoms with van der Waals surface area (Å²) in [5, 5.41) is 4.09. The van der Waals surface area contributed by atoms with Gasteiger partial charge in [0, 0.05) is 0 Å². The van der Waals surface area contributed by atoms with E-state index in [1.165, 1.54) is 28.9 Å². The maximum absolute atomic E-state index is 13.5. The summed E-state index contributed by atoms with van der Waals surface area (Å²) in [5.74, 6) is -0.649. The predicted molar refractivity (Wildman–Crippen MR) is 124 cm³/mol. The number of rotatable bonds is 7. The quantitative estimate of drug-likeness (QED) is 0.426. The van der Waals surface area contributed by atoms with Crippen molar-refractivity contribution in [1.82, 2.24) is 14.1 Å². The topological polar surface area (TPSA) is 108 Å². The molecule has 0 aliphatic heterocycles. The van der Waals surface area contributed by atoms with E-state index < -0.39 is 21.9 Å². The van der Waals surface area contributed by atoms with Gasteiger partial charge in [0.15, 0.2) is 0 Å². The summed E-state index contributed by atoms with van der Waals surface area (Å²) in [7, 11) is -4.47. The normalized spacial score (nSPS) is 11.2. The third-order valence-electron chi connectivity index (χ3n) is 4.99. The average Bonchev–Trinajstić information content (AvgIpc) is 3.25. The number of anilines is 1. The molecule has 1 aromatic heterocycles. The highest BCUT2D eigenvalue weighted by Gasteiger charge is 2.34. The van der Waals surface area contributed by atoms with Crippen molar-refractivity contribution in [2.24, 2.45) is 0 Å². The molecule has 0 saturated carbocycles. The Morgan fingerprint density at radius 2 is 1.56 bits per heavy atom. The van der Waals surface area contributed by atoms with Gasteiger partial charge < -0.3 is 10.5 Å². The summed E-state index contributed by atoms with van der Waals surface area (Å²) >= 11 is 0. The molecule has 174 valence electrons. The Morgan fingerprint density at radius 1 is 0.941 bits per heavy atom. The van der Waals surface area contributed by atoms with Crippen molar-refractivity contribution in [3.05, 3.63) is 108 Å². The fourth-order valence-corrected chi connectivity index (χ4v) is 4.57. The molecular weight excluding hydrogens is 459 g/mol. The smallest absolute Gasteiger partial charge is 0.424 e. The maximum atomic E-state index is 13.5. The molecule has 2 N–H and O–H groups in total. The summed E-state index contributed by atoms with van der Waals surface area (Å²) < 4.78 is 47.5. The fraction of sp³-hybridized carbons (Fsp3) is 0.0833. The van der Waals surface area contributed by atoms with E-state index in [2.05, 4.69) is 5.10 Å². The number of hydrogen-bond donors (Lipinski definition) is 1. The van der Waals surface area contributed by atoms with Crippen LogP contribution in [0.25, 0.3) is 5.69 Å². The summed E-state index contributed by atoms with van der Waals surface area (Å²) in [6.07, 6.45) is -0.0140. The zero-order valence-electron chi connectivity index (χ0n) is 17.9. The van der Waals surface area contributed by atoms with Crippen molar-refractivity contribution >= 4 is 21.9 Å². The Labute approximate surface area is 196 Å². The van der Waals surface area contributed by atoms with Crippen LogP contribution in [0.5, 0.6) is 0 Å². The molecule has 0 aliphatic rings. The molecule has 34 heavy (non-hydrogen) atoms. The van der Waals surface area contributed by atoms with Gasteiger partial charge in [0.25, 0.3) is 10.0 Å².